The standard InChI is InChI=1S/C22H18F3N3OS/c1-16-6-2-3-10-19(16)28-13-12-27-21(28)30-15-20(29)26-11-5-8-17-7-4-9-18(14-17)22(23,24)25/h2-4,6-7,9-10,12-14H,11,15H2,1H3,(H,26,29). The fourth-order valence-electron chi connectivity index (χ4n) is 2.66. The molecule has 0 atom stereocenters. The summed E-state index contributed by atoms with van der Waals surface area (Å²) in [5.41, 5.74) is 1.57. The highest BCUT2D eigenvalue weighted by Crippen LogP contribution is 2.29. The topological polar surface area (TPSA) is 46.9 Å². The lowest BCUT2D eigenvalue weighted by atomic mass is 10.1. The van der Waals surface area contributed by atoms with Crippen molar-refractivity contribution in [2.75, 3.05) is 12.3 Å². The second-order valence-electron chi connectivity index (χ2n) is 6.31. The van der Waals surface area contributed by atoms with Gasteiger partial charge in [0, 0.05) is 18.0 Å². The van der Waals surface area contributed by atoms with Crippen molar-refractivity contribution in [3.8, 4) is 17.5 Å². The van der Waals surface area contributed by atoms with Crippen molar-refractivity contribution in [1.29, 1.82) is 0 Å². The Morgan fingerprint density at radius 3 is 2.77 bits per heavy atom. The van der Waals surface area contributed by atoms with Crippen LogP contribution in [0.2, 0.25) is 0 Å². The Morgan fingerprint density at radius 2 is 2.00 bits per heavy atom. The molecule has 1 aromatic heterocycles. The normalized spacial score (nSPS) is 10.9. The van der Waals surface area contributed by atoms with Gasteiger partial charge in [0.1, 0.15) is 0 Å². The molecule has 1 N–H and O–H groups in total. The van der Waals surface area contributed by atoms with Crippen molar-refractivity contribution in [2.24, 2.45) is 0 Å². The smallest absolute Gasteiger partial charge is 0.344 e. The Hall–Kier alpha value is -3.18. The summed E-state index contributed by atoms with van der Waals surface area (Å²) in [6.45, 7) is 2.04. The number of aromatic nitrogens is 2. The highest BCUT2D eigenvalue weighted by atomic mass is 32.2. The summed E-state index contributed by atoms with van der Waals surface area (Å²) < 4.78 is 40.0. The number of thioether (sulfide) groups is 1. The number of carbonyl (C=O) groups excluding carboxylic acids is 1. The van der Waals surface area contributed by atoms with Crippen molar-refractivity contribution in [3.05, 3.63) is 77.6 Å². The number of benzene rings is 2. The third-order valence-corrected chi connectivity index (χ3v) is 5.08. The number of amides is 1. The number of imidazole rings is 1. The molecule has 0 unspecified atom stereocenters. The van der Waals surface area contributed by atoms with Crippen molar-refractivity contribution >= 4 is 17.7 Å². The largest absolute Gasteiger partial charge is 0.416 e. The molecule has 2 aromatic carbocycles. The molecule has 30 heavy (non-hydrogen) atoms. The van der Waals surface area contributed by atoms with Gasteiger partial charge in [0.2, 0.25) is 5.91 Å². The van der Waals surface area contributed by atoms with Crippen molar-refractivity contribution in [3.63, 3.8) is 0 Å². The summed E-state index contributed by atoms with van der Waals surface area (Å²) in [4.78, 5) is 16.4. The first-order chi connectivity index (χ1) is 14.3. The minimum absolute atomic E-state index is 0.0435. The van der Waals surface area contributed by atoms with E-state index in [1.54, 1.807) is 6.20 Å². The third-order valence-electron chi connectivity index (χ3n) is 4.11. The molecule has 3 aromatic rings. The third kappa shape index (κ3) is 5.67. The maximum atomic E-state index is 12.7. The number of hydrogen-bond acceptors (Lipinski definition) is 3. The first kappa shape index (κ1) is 21.5. The molecule has 4 nitrogen and oxygen atoms in total. The summed E-state index contributed by atoms with van der Waals surface area (Å²) in [5.74, 6) is 5.21. The minimum Gasteiger partial charge on any atom is -0.344 e. The van der Waals surface area contributed by atoms with E-state index in [9.17, 15) is 18.0 Å². The van der Waals surface area contributed by atoms with Crippen molar-refractivity contribution < 1.29 is 18.0 Å². The van der Waals surface area contributed by atoms with E-state index in [0.717, 1.165) is 23.4 Å². The van der Waals surface area contributed by atoms with Gasteiger partial charge in [0.25, 0.3) is 0 Å². The molecule has 0 spiro atoms. The van der Waals surface area contributed by atoms with Gasteiger partial charge in [0.15, 0.2) is 5.16 Å². The number of rotatable bonds is 5. The van der Waals surface area contributed by atoms with Crippen LogP contribution in [0.4, 0.5) is 13.2 Å². The Kier molecular flexibility index (Phi) is 6.85. The van der Waals surface area contributed by atoms with E-state index < -0.39 is 11.7 Å². The van der Waals surface area contributed by atoms with Gasteiger partial charge in [0.05, 0.1) is 23.5 Å². The molecular formula is C22H18F3N3OS. The lowest BCUT2D eigenvalue weighted by Gasteiger charge is -2.10. The van der Waals surface area contributed by atoms with Crippen LogP contribution in [0.5, 0.6) is 0 Å². The van der Waals surface area contributed by atoms with Crippen LogP contribution < -0.4 is 5.32 Å². The summed E-state index contributed by atoms with van der Waals surface area (Å²) in [6.07, 6.45) is -0.899. The van der Waals surface area contributed by atoms with Crippen LogP contribution in [0.15, 0.2) is 66.1 Å². The van der Waals surface area contributed by atoms with Gasteiger partial charge in [-0.2, -0.15) is 13.2 Å². The zero-order chi connectivity index (χ0) is 21.6. The molecule has 1 amide bonds. The van der Waals surface area contributed by atoms with Gasteiger partial charge in [-0.05, 0) is 36.8 Å². The zero-order valence-corrected chi connectivity index (χ0v) is 16.8. The van der Waals surface area contributed by atoms with E-state index >= 15 is 0 Å². The number of alkyl halides is 3. The van der Waals surface area contributed by atoms with Gasteiger partial charge in [-0.3, -0.25) is 9.36 Å². The van der Waals surface area contributed by atoms with Crippen LogP contribution in [0.1, 0.15) is 16.7 Å². The van der Waals surface area contributed by atoms with Crippen molar-refractivity contribution in [2.45, 2.75) is 18.3 Å². The van der Waals surface area contributed by atoms with Gasteiger partial charge in [-0.25, -0.2) is 4.98 Å². The zero-order valence-electron chi connectivity index (χ0n) is 16.0. The minimum atomic E-state index is -4.41. The monoisotopic (exact) mass is 429 g/mol. The lowest BCUT2D eigenvalue weighted by molar-refractivity contribution is -0.137. The van der Waals surface area contributed by atoms with Gasteiger partial charge < -0.3 is 5.32 Å². The van der Waals surface area contributed by atoms with Crippen LogP contribution in [0, 0.1) is 18.8 Å². The Morgan fingerprint density at radius 1 is 1.20 bits per heavy atom. The molecule has 0 aliphatic rings. The van der Waals surface area contributed by atoms with E-state index in [1.807, 2.05) is 42.0 Å². The van der Waals surface area contributed by atoms with E-state index in [0.29, 0.717) is 5.16 Å². The molecule has 8 heteroatoms. The second kappa shape index (κ2) is 9.55. The maximum absolute atomic E-state index is 12.7. The molecule has 1 heterocycles. The molecule has 3 rings (SSSR count). The van der Waals surface area contributed by atoms with Crippen LogP contribution >= 0.6 is 11.8 Å². The fraction of sp³-hybridized carbons (Fsp3) is 0.182. The van der Waals surface area contributed by atoms with Gasteiger partial charge in [-0.1, -0.05) is 47.9 Å². The maximum Gasteiger partial charge on any atom is 0.416 e. The fourth-order valence-corrected chi connectivity index (χ4v) is 3.45. The number of halogens is 3. The van der Waals surface area contributed by atoms with Gasteiger partial charge in [-0.15, -0.1) is 0 Å². The number of aryl methyl sites for hydroxylation is 1. The predicted molar refractivity (Wildman–Crippen MR) is 110 cm³/mol. The van der Waals surface area contributed by atoms with Crippen LogP contribution in [0.3, 0.4) is 0 Å². The molecule has 0 aliphatic heterocycles. The second-order valence-corrected chi connectivity index (χ2v) is 7.25. The molecule has 154 valence electrons. The molecule has 0 bridgehead atoms. The van der Waals surface area contributed by atoms with Crippen molar-refractivity contribution in [1.82, 2.24) is 14.9 Å². The molecule has 0 saturated heterocycles. The van der Waals surface area contributed by atoms with E-state index in [4.69, 9.17) is 0 Å². The van der Waals surface area contributed by atoms with Crippen LogP contribution in [-0.4, -0.2) is 27.8 Å². The summed E-state index contributed by atoms with van der Waals surface area (Å²) >= 11 is 1.29. The SMILES string of the molecule is Cc1ccccc1-n1ccnc1SCC(=O)NCC#Cc1cccc(C(F)(F)F)c1. The van der Waals surface area contributed by atoms with E-state index in [1.165, 1.54) is 23.9 Å². The first-order valence-electron chi connectivity index (χ1n) is 8.99. The predicted octanol–water partition coefficient (Wildman–Crippen LogP) is 4.46. The molecular weight excluding hydrogens is 411 g/mol. The average Bonchev–Trinajstić information content (AvgIpc) is 3.18. The lowest BCUT2D eigenvalue weighted by Crippen LogP contribution is -2.25. The quantitative estimate of drug-likeness (QED) is 0.481. The Balaban J connectivity index is 1.53. The molecule has 0 aliphatic carbocycles. The summed E-state index contributed by atoms with van der Waals surface area (Å²) in [6, 6.07) is 12.6. The van der Waals surface area contributed by atoms with E-state index in [-0.39, 0.29) is 23.8 Å². The number of hydrogen-bond donors (Lipinski definition) is 1. The van der Waals surface area contributed by atoms with Crippen LogP contribution in [0.25, 0.3) is 5.69 Å². The number of para-hydroxylation sites is 1. The first-order valence-corrected chi connectivity index (χ1v) is 9.98. The highest BCUT2D eigenvalue weighted by Gasteiger charge is 2.30. The van der Waals surface area contributed by atoms with E-state index in [2.05, 4.69) is 22.1 Å². The molecule has 0 radical (unpaired) electrons. The van der Waals surface area contributed by atoms with Crippen LogP contribution in [-0.2, 0) is 11.0 Å². The summed E-state index contributed by atoms with van der Waals surface area (Å²) in [5, 5.41) is 3.33. The Labute approximate surface area is 176 Å². The molecule has 0 saturated carbocycles. The Bertz CT molecular complexity index is 1100. The average molecular weight is 429 g/mol. The highest BCUT2D eigenvalue weighted by molar-refractivity contribution is 7.99. The molecule has 0 fully saturated rings. The number of nitrogens with one attached hydrogen (secondary N) is 1. The number of carbonyl (C=O) groups is 1. The van der Waals surface area contributed by atoms with Gasteiger partial charge >= 0.3 is 6.18 Å². The number of nitrogens with zero attached hydrogens (tertiary/aromatic N) is 2. The summed E-state index contributed by atoms with van der Waals surface area (Å²) in [7, 11) is 0.